The van der Waals surface area contributed by atoms with Crippen molar-refractivity contribution >= 4 is 16.6 Å². The molecule has 1 aliphatic heterocycles. The lowest BCUT2D eigenvalue weighted by atomic mass is 10.0. The van der Waals surface area contributed by atoms with Crippen LogP contribution in [0.25, 0.3) is 0 Å². The van der Waals surface area contributed by atoms with E-state index in [4.69, 9.17) is 13.6 Å². The number of hydrogen-bond acceptors (Lipinski definition) is 3. The monoisotopic (exact) mass is 428 g/mol. The molecule has 0 fully saturated rings. The van der Waals surface area contributed by atoms with E-state index >= 15 is 0 Å². The maximum absolute atomic E-state index is 6.87. The van der Waals surface area contributed by atoms with Crippen LogP contribution in [0.2, 0.25) is 36.3 Å². The molecule has 0 bridgehead atoms. The summed E-state index contributed by atoms with van der Waals surface area (Å²) in [7, 11) is -3.71. The third-order valence-corrected chi connectivity index (χ3v) is 16.0. The first-order valence-electron chi connectivity index (χ1n) is 11.2. The van der Waals surface area contributed by atoms with Crippen molar-refractivity contribution in [1.82, 2.24) is 0 Å². The van der Waals surface area contributed by atoms with Gasteiger partial charge >= 0.3 is 0 Å². The molecular weight excluding hydrogens is 380 g/mol. The van der Waals surface area contributed by atoms with Crippen molar-refractivity contribution in [1.29, 1.82) is 0 Å². The Labute approximate surface area is 177 Å². The van der Waals surface area contributed by atoms with E-state index in [0.717, 1.165) is 25.7 Å². The minimum Gasteiger partial charge on any atom is -0.414 e. The van der Waals surface area contributed by atoms with Gasteiger partial charge in [-0.1, -0.05) is 67.0 Å². The van der Waals surface area contributed by atoms with Crippen molar-refractivity contribution in [2.24, 2.45) is 0 Å². The van der Waals surface area contributed by atoms with Crippen LogP contribution in [0.4, 0.5) is 0 Å². The Balaban J connectivity index is 3.06. The standard InChI is InChI=1S/C23H48O3Si2/c1-12-15-19-16-13-14-17-20(26-28(10,11)23(5,6)7)21(25-19)18-24-27(8,9)22(2,3)4/h13-14,19-21H,12,15-18H2,1-11H3/b14-13-. The Bertz CT molecular complexity index is 501. The van der Waals surface area contributed by atoms with Crippen LogP contribution in [0.3, 0.4) is 0 Å². The van der Waals surface area contributed by atoms with E-state index in [1.165, 1.54) is 0 Å². The summed E-state index contributed by atoms with van der Waals surface area (Å²) in [6.07, 6.45) is 9.07. The zero-order valence-electron chi connectivity index (χ0n) is 20.6. The van der Waals surface area contributed by atoms with Gasteiger partial charge in [0.2, 0.25) is 0 Å². The predicted molar refractivity (Wildman–Crippen MR) is 127 cm³/mol. The van der Waals surface area contributed by atoms with Gasteiger partial charge in [-0.3, -0.25) is 0 Å². The van der Waals surface area contributed by atoms with Gasteiger partial charge in [-0.15, -0.1) is 0 Å². The van der Waals surface area contributed by atoms with Gasteiger partial charge in [0.05, 0.1) is 18.8 Å². The lowest BCUT2D eigenvalue weighted by Gasteiger charge is -2.43. The van der Waals surface area contributed by atoms with Gasteiger partial charge in [0.25, 0.3) is 0 Å². The van der Waals surface area contributed by atoms with Gasteiger partial charge in [0.1, 0.15) is 6.10 Å². The molecule has 3 unspecified atom stereocenters. The van der Waals surface area contributed by atoms with Crippen molar-refractivity contribution < 1.29 is 13.6 Å². The third-order valence-electron chi connectivity index (χ3n) is 6.99. The second kappa shape index (κ2) is 9.91. The molecule has 1 rings (SSSR count). The molecule has 0 aromatic carbocycles. The van der Waals surface area contributed by atoms with E-state index in [-0.39, 0.29) is 28.4 Å². The molecule has 1 heterocycles. The molecule has 0 aliphatic carbocycles. The van der Waals surface area contributed by atoms with Crippen LogP contribution in [0.1, 0.15) is 74.1 Å². The van der Waals surface area contributed by atoms with Crippen molar-refractivity contribution in [3.05, 3.63) is 12.2 Å². The highest BCUT2D eigenvalue weighted by molar-refractivity contribution is 6.74. The molecule has 0 spiro atoms. The highest BCUT2D eigenvalue weighted by Gasteiger charge is 2.43. The molecule has 0 aromatic rings. The van der Waals surface area contributed by atoms with E-state index < -0.39 is 16.6 Å². The largest absolute Gasteiger partial charge is 0.414 e. The average molecular weight is 429 g/mol. The summed E-state index contributed by atoms with van der Waals surface area (Å²) < 4.78 is 20.1. The zero-order valence-corrected chi connectivity index (χ0v) is 22.6. The van der Waals surface area contributed by atoms with E-state index in [1.54, 1.807) is 0 Å². The maximum atomic E-state index is 6.87. The molecule has 0 radical (unpaired) electrons. The van der Waals surface area contributed by atoms with Gasteiger partial charge < -0.3 is 13.6 Å². The summed E-state index contributed by atoms with van der Waals surface area (Å²) in [5.74, 6) is 0. The summed E-state index contributed by atoms with van der Waals surface area (Å²) in [5, 5.41) is 0.389. The topological polar surface area (TPSA) is 27.7 Å². The minimum absolute atomic E-state index is 0.00440. The molecular formula is C23H48O3Si2. The fraction of sp³-hybridized carbons (Fsp3) is 0.913. The SMILES string of the molecule is CCCC1C/C=C\CC(O[Si](C)(C)C(C)(C)C)C(CO[Si](C)(C)C(C)(C)C)O1. The second-order valence-electron chi connectivity index (χ2n) is 11.5. The minimum atomic E-state index is -1.88. The van der Waals surface area contributed by atoms with Crippen LogP contribution >= 0.6 is 0 Å². The van der Waals surface area contributed by atoms with Gasteiger partial charge in [0.15, 0.2) is 16.6 Å². The highest BCUT2D eigenvalue weighted by atomic mass is 28.4. The number of hydrogen-bond donors (Lipinski definition) is 0. The Morgan fingerprint density at radius 3 is 1.93 bits per heavy atom. The molecule has 1 aliphatic rings. The van der Waals surface area contributed by atoms with E-state index in [1.807, 2.05) is 0 Å². The Kier molecular flexibility index (Phi) is 9.23. The first-order chi connectivity index (χ1) is 12.6. The summed E-state index contributed by atoms with van der Waals surface area (Å²) in [6, 6.07) is 0. The predicted octanol–water partition coefficient (Wildman–Crippen LogP) is 7.30. The molecule has 166 valence electrons. The van der Waals surface area contributed by atoms with Crippen molar-refractivity contribution in [3.63, 3.8) is 0 Å². The first kappa shape index (κ1) is 26.1. The van der Waals surface area contributed by atoms with Gasteiger partial charge in [-0.05, 0) is 55.5 Å². The Hall–Kier alpha value is 0.0538. The molecule has 0 saturated heterocycles. The van der Waals surface area contributed by atoms with E-state index in [2.05, 4.69) is 86.8 Å². The molecule has 0 aromatic heterocycles. The maximum Gasteiger partial charge on any atom is 0.192 e. The van der Waals surface area contributed by atoms with E-state index in [0.29, 0.717) is 6.61 Å². The molecule has 28 heavy (non-hydrogen) atoms. The lowest BCUT2D eigenvalue weighted by molar-refractivity contribution is -0.0931. The van der Waals surface area contributed by atoms with Crippen molar-refractivity contribution in [2.45, 2.75) is 129 Å². The molecule has 0 N–H and O–H groups in total. The lowest BCUT2D eigenvalue weighted by Crippen LogP contribution is -2.51. The summed E-state index contributed by atoms with van der Waals surface area (Å²) in [4.78, 5) is 0. The van der Waals surface area contributed by atoms with Gasteiger partial charge in [-0.2, -0.15) is 0 Å². The van der Waals surface area contributed by atoms with Crippen LogP contribution in [-0.2, 0) is 13.6 Å². The summed E-state index contributed by atoms with van der Waals surface area (Å²) >= 11 is 0. The number of rotatable bonds is 7. The van der Waals surface area contributed by atoms with Crippen molar-refractivity contribution in [2.75, 3.05) is 6.61 Å². The number of ether oxygens (including phenoxy) is 1. The normalized spacial score (nSPS) is 26.6. The third kappa shape index (κ3) is 7.39. The van der Waals surface area contributed by atoms with Crippen LogP contribution in [-0.4, -0.2) is 41.6 Å². The summed E-state index contributed by atoms with van der Waals surface area (Å²) in [5.41, 5.74) is 0. The van der Waals surface area contributed by atoms with Crippen LogP contribution in [0.5, 0.6) is 0 Å². The molecule has 3 nitrogen and oxygen atoms in total. The smallest absolute Gasteiger partial charge is 0.192 e. The first-order valence-corrected chi connectivity index (χ1v) is 17.0. The van der Waals surface area contributed by atoms with Crippen LogP contribution < -0.4 is 0 Å². The quantitative estimate of drug-likeness (QED) is 0.314. The molecule has 5 heteroatoms. The molecule has 0 amide bonds. The second-order valence-corrected chi connectivity index (χ2v) is 21.1. The molecule has 3 atom stereocenters. The fourth-order valence-corrected chi connectivity index (χ4v) is 5.23. The highest BCUT2D eigenvalue weighted by Crippen LogP contribution is 2.40. The van der Waals surface area contributed by atoms with Gasteiger partial charge in [-0.25, -0.2) is 0 Å². The van der Waals surface area contributed by atoms with E-state index in [9.17, 15) is 0 Å². The molecule has 0 saturated carbocycles. The zero-order chi connectivity index (χ0) is 21.8. The van der Waals surface area contributed by atoms with Gasteiger partial charge in [0, 0.05) is 0 Å². The van der Waals surface area contributed by atoms with Crippen LogP contribution in [0.15, 0.2) is 12.2 Å². The average Bonchev–Trinajstić information content (AvgIpc) is 2.49. The summed E-state index contributed by atoms with van der Waals surface area (Å²) in [6.45, 7) is 26.0. The van der Waals surface area contributed by atoms with Crippen molar-refractivity contribution in [3.8, 4) is 0 Å². The van der Waals surface area contributed by atoms with Crippen LogP contribution in [0, 0.1) is 0 Å². The Morgan fingerprint density at radius 2 is 1.43 bits per heavy atom. The fourth-order valence-electron chi connectivity index (χ4n) is 2.86. The Morgan fingerprint density at radius 1 is 0.893 bits per heavy atom.